The van der Waals surface area contributed by atoms with Crippen molar-refractivity contribution in [1.82, 2.24) is 5.32 Å². The highest BCUT2D eigenvalue weighted by atomic mass is 35.5. The van der Waals surface area contributed by atoms with Gasteiger partial charge in [0.1, 0.15) is 5.82 Å². The van der Waals surface area contributed by atoms with Crippen molar-refractivity contribution >= 4 is 11.6 Å². The Morgan fingerprint density at radius 2 is 2.00 bits per heavy atom. The summed E-state index contributed by atoms with van der Waals surface area (Å²) in [5, 5.41) is 3.69. The summed E-state index contributed by atoms with van der Waals surface area (Å²) < 4.78 is 18.9. The first-order chi connectivity index (χ1) is 9.24. The normalized spacial score (nSPS) is 16.7. The summed E-state index contributed by atoms with van der Waals surface area (Å²) in [7, 11) is 0. The van der Waals surface area contributed by atoms with Gasteiger partial charge in [-0.3, -0.25) is 0 Å². The van der Waals surface area contributed by atoms with Gasteiger partial charge in [-0.2, -0.15) is 0 Å². The number of benzene rings is 1. The lowest BCUT2D eigenvalue weighted by Gasteiger charge is -2.22. The number of hydrogen-bond acceptors (Lipinski definition) is 2. The summed E-state index contributed by atoms with van der Waals surface area (Å²) in [6, 6.07) is 4.59. The molecule has 1 fully saturated rings. The van der Waals surface area contributed by atoms with Gasteiger partial charge < -0.3 is 10.1 Å². The van der Waals surface area contributed by atoms with Crippen LogP contribution in [-0.2, 0) is 11.3 Å². The van der Waals surface area contributed by atoms with Crippen LogP contribution in [0.15, 0.2) is 18.2 Å². The molecule has 0 aliphatic heterocycles. The molecule has 1 aromatic rings. The Kier molecular flexibility index (Phi) is 6.08. The average molecular weight is 286 g/mol. The second-order valence-corrected chi connectivity index (χ2v) is 5.52. The lowest BCUT2D eigenvalue weighted by molar-refractivity contribution is 0.0302. The molecule has 1 saturated carbocycles. The van der Waals surface area contributed by atoms with E-state index >= 15 is 0 Å². The first kappa shape index (κ1) is 14.8. The molecule has 0 saturated heterocycles. The number of halogens is 2. The van der Waals surface area contributed by atoms with Gasteiger partial charge in [-0.25, -0.2) is 4.39 Å². The van der Waals surface area contributed by atoms with E-state index in [9.17, 15) is 4.39 Å². The standard InChI is InChI=1S/C15H21ClFNO/c16-13-8-12(9-14(17)10-13)11-18-6-7-19-15-4-2-1-3-5-15/h8-10,15,18H,1-7,11H2. The first-order valence-electron chi connectivity index (χ1n) is 7.01. The maximum absolute atomic E-state index is 13.1. The van der Waals surface area contributed by atoms with Gasteiger partial charge in [0.15, 0.2) is 0 Å². The first-order valence-corrected chi connectivity index (χ1v) is 7.39. The Bertz CT molecular complexity index is 373. The van der Waals surface area contributed by atoms with Gasteiger partial charge in [0.25, 0.3) is 0 Å². The molecule has 4 heteroatoms. The molecule has 1 aliphatic carbocycles. The van der Waals surface area contributed by atoms with Crippen molar-refractivity contribution in [2.45, 2.75) is 44.8 Å². The minimum absolute atomic E-state index is 0.289. The summed E-state index contributed by atoms with van der Waals surface area (Å²) >= 11 is 5.80. The number of rotatable bonds is 6. The average Bonchev–Trinajstić information content (AvgIpc) is 2.38. The molecule has 0 unspecified atom stereocenters. The van der Waals surface area contributed by atoms with Crippen LogP contribution in [0.4, 0.5) is 4.39 Å². The van der Waals surface area contributed by atoms with Gasteiger partial charge in [0.05, 0.1) is 12.7 Å². The van der Waals surface area contributed by atoms with Crippen LogP contribution in [0.3, 0.4) is 0 Å². The molecule has 2 rings (SSSR count). The van der Waals surface area contributed by atoms with Gasteiger partial charge in [-0.05, 0) is 36.6 Å². The van der Waals surface area contributed by atoms with Crippen molar-refractivity contribution < 1.29 is 9.13 Å². The third-order valence-corrected chi connectivity index (χ3v) is 3.65. The molecule has 1 N–H and O–H groups in total. The van der Waals surface area contributed by atoms with Gasteiger partial charge in [-0.15, -0.1) is 0 Å². The quantitative estimate of drug-likeness (QED) is 0.800. The predicted molar refractivity (Wildman–Crippen MR) is 75.9 cm³/mol. The van der Waals surface area contributed by atoms with Crippen molar-refractivity contribution in [3.8, 4) is 0 Å². The van der Waals surface area contributed by atoms with Gasteiger partial charge in [-0.1, -0.05) is 30.9 Å². The van der Waals surface area contributed by atoms with E-state index in [0.29, 0.717) is 24.3 Å². The summed E-state index contributed by atoms with van der Waals surface area (Å²) in [5.74, 6) is -0.289. The van der Waals surface area contributed by atoms with Crippen LogP contribution < -0.4 is 5.32 Å². The monoisotopic (exact) mass is 285 g/mol. The van der Waals surface area contributed by atoms with E-state index in [2.05, 4.69) is 5.32 Å². The van der Waals surface area contributed by atoms with Gasteiger partial charge in [0, 0.05) is 18.1 Å². The Labute approximate surface area is 119 Å². The second-order valence-electron chi connectivity index (χ2n) is 5.09. The largest absolute Gasteiger partial charge is 0.377 e. The predicted octanol–water partition coefficient (Wildman–Crippen LogP) is 3.92. The Hall–Kier alpha value is -0.640. The molecule has 1 aromatic carbocycles. The van der Waals surface area contributed by atoms with Crippen molar-refractivity contribution in [3.63, 3.8) is 0 Å². The van der Waals surface area contributed by atoms with Crippen LogP contribution >= 0.6 is 11.6 Å². The highest BCUT2D eigenvalue weighted by molar-refractivity contribution is 6.30. The summed E-state index contributed by atoms with van der Waals surface area (Å²) in [6.07, 6.45) is 6.76. The van der Waals surface area contributed by atoms with E-state index in [1.165, 1.54) is 44.2 Å². The van der Waals surface area contributed by atoms with E-state index in [1.807, 2.05) is 0 Å². The van der Waals surface area contributed by atoms with Crippen LogP contribution in [0.25, 0.3) is 0 Å². The zero-order valence-corrected chi connectivity index (χ0v) is 11.9. The van der Waals surface area contributed by atoms with Gasteiger partial charge in [0.2, 0.25) is 0 Å². The molecular formula is C15H21ClFNO. The fourth-order valence-corrected chi connectivity index (χ4v) is 2.72. The van der Waals surface area contributed by atoms with Crippen LogP contribution in [0.2, 0.25) is 5.02 Å². The molecule has 0 heterocycles. The minimum atomic E-state index is -0.289. The molecule has 0 aromatic heterocycles. The van der Waals surface area contributed by atoms with Crippen molar-refractivity contribution in [2.75, 3.05) is 13.2 Å². The molecule has 1 aliphatic rings. The van der Waals surface area contributed by atoms with Crippen molar-refractivity contribution in [3.05, 3.63) is 34.6 Å². The van der Waals surface area contributed by atoms with Crippen LogP contribution in [0, 0.1) is 5.82 Å². The molecule has 19 heavy (non-hydrogen) atoms. The van der Waals surface area contributed by atoms with Crippen molar-refractivity contribution in [1.29, 1.82) is 0 Å². The third-order valence-electron chi connectivity index (χ3n) is 3.44. The second kappa shape index (κ2) is 7.83. The van der Waals surface area contributed by atoms with E-state index in [1.54, 1.807) is 6.07 Å². The van der Waals surface area contributed by atoms with Gasteiger partial charge >= 0.3 is 0 Å². The minimum Gasteiger partial charge on any atom is -0.377 e. The van der Waals surface area contributed by atoms with E-state index in [4.69, 9.17) is 16.3 Å². The molecule has 0 atom stereocenters. The lowest BCUT2D eigenvalue weighted by atomic mass is 9.98. The molecular weight excluding hydrogens is 265 g/mol. The fourth-order valence-electron chi connectivity index (χ4n) is 2.48. The molecule has 2 nitrogen and oxygen atoms in total. The summed E-state index contributed by atoms with van der Waals surface area (Å²) in [6.45, 7) is 2.11. The highest BCUT2D eigenvalue weighted by Gasteiger charge is 2.12. The lowest BCUT2D eigenvalue weighted by Crippen LogP contribution is -2.24. The van der Waals surface area contributed by atoms with Crippen LogP contribution in [-0.4, -0.2) is 19.3 Å². The Balaban J connectivity index is 1.60. The van der Waals surface area contributed by atoms with Crippen LogP contribution in [0.1, 0.15) is 37.7 Å². The maximum atomic E-state index is 13.1. The fraction of sp³-hybridized carbons (Fsp3) is 0.600. The molecule has 0 bridgehead atoms. The highest BCUT2D eigenvalue weighted by Crippen LogP contribution is 2.19. The zero-order valence-electron chi connectivity index (χ0n) is 11.1. The van der Waals surface area contributed by atoms with E-state index < -0.39 is 0 Å². The third kappa shape index (κ3) is 5.47. The Morgan fingerprint density at radius 3 is 2.74 bits per heavy atom. The summed E-state index contributed by atoms with van der Waals surface area (Å²) in [5.41, 5.74) is 0.864. The smallest absolute Gasteiger partial charge is 0.125 e. The summed E-state index contributed by atoms with van der Waals surface area (Å²) in [4.78, 5) is 0. The Morgan fingerprint density at radius 1 is 1.21 bits per heavy atom. The van der Waals surface area contributed by atoms with E-state index in [0.717, 1.165) is 12.1 Å². The number of hydrogen-bond donors (Lipinski definition) is 1. The molecule has 0 radical (unpaired) electrons. The zero-order chi connectivity index (χ0) is 13.5. The number of nitrogens with one attached hydrogen (secondary N) is 1. The topological polar surface area (TPSA) is 21.3 Å². The van der Waals surface area contributed by atoms with Crippen LogP contribution in [0.5, 0.6) is 0 Å². The molecule has 0 spiro atoms. The SMILES string of the molecule is Fc1cc(Cl)cc(CNCCOC2CCCCC2)c1. The maximum Gasteiger partial charge on any atom is 0.125 e. The van der Waals surface area contributed by atoms with E-state index in [-0.39, 0.29) is 5.82 Å². The number of ether oxygens (including phenoxy) is 1. The molecule has 0 amide bonds. The van der Waals surface area contributed by atoms with Crippen molar-refractivity contribution in [2.24, 2.45) is 0 Å². The molecule has 106 valence electrons.